The predicted octanol–water partition coefficient (Wildman–Crippen LogP) is 2.56. The van der Waals surface area contributed by atoms with Gasteiger partial charge in [0.1, 0.15) is 4.90 Å². The van der Waals surface area contributed by atoms with Crippen molar-refractivity contribution in [2.75, 3.05) is 13.1 Å². The zero-order valence-corrected chi connectivity index (χ0v) is 13.0. The van der Waals surface area contributed by atoms with Crippen molar-refractivity contribution in [3.63, 3.8) is 0 Å². The number of nitrogens with zero attached hydrogens (tertiary/aromatic N) is 3. The lowest BCUT2D eigenvalue weighted by Gasteiger charge is -2.31. The van der Waals surface area contributed by atoms with E-state index in [4.69, 9.17) is 11.6 Å². The standard InChI is InChI=1S/C14H16ClN3O2S/c15-13-4-1-2-5-14(13)21(19,20)17-10-6-12(7-11-17)18-9-3-8-16-18/h1-5,8-9,12H,6-7,10-11H2. The van der Waals surface area contributed by atoms with Gasteiger partial charge in [0.05, 0.1) is 11.1 Å². The van der Waals surface area contributed by atoms with Crippen LogP contribution in [0.4, 0.5) is 0 Å². The predicted molar refractivity (Wildman–Crippen MR) is 80.7 cm³/mol. The number of sulfonamides is 1. The summed E-state index contributed by atoms with van der Waals surface area (Å²) in [7, 11) is -3.51. The molecular formula is C14H16ClN3O2S. The summed E-state index contributed by atoms with van der Waals surface area (Å²) < 4.78 is 28.7. The molecular weight excluding hydrogens is 310 g/mol. The Hall–Kier alpha value is -1.37. The first kappa shape index (κ1) is 14.6. The number of rotatable bonds is 3. The van der Waals surface area contributed by atoms with Crippen molar-refractivity contribution in [3.8, 4) is 0 Å². The molecule has 0 saturated carbocycles. The second-order valence-corrected chi connectivity index (χ2v) is 7.37. The molecule has 2 heterocycles. The molecule has 0 bridgehead atoms. The molecule has 0 atom stereocenters. The average molecular weight is 326 g/mol. The lowest BCUT2D eigenvalue weighted by molar-refractivity contribution is 0.261. The Bertz CT molecular complexity index is 708. The Labute approximate surface area is 129 Å². The van der Waals surface area contributed by atoms with E-state index < -0.39 is 10.0 Å². The molecule has 1 aliphatic heterocycles. The molecule has 112 valence electrons. The van der Waals surface area contributed by atoms with Crippen molar-refractivity contribution in [3.05, 3.63) is 47.7 Å². The minimum absolute atomic E-state index is 0.184. The van der Waals surface area contributed by atoms with E-state index in [1.807, 2.05) is 16.9 Å². The van der Waals surface area contributed by atoms with Gasteiger partial charge in [-0.3, -0.25) is 4.68 Å². The number of benzene rings is 1. The maximum atomic E-state index is 12.6. The third-order valence-electron chi connectivity index (χ3n) is 3.78. The molecule has 0 radical (unpaired) electrons. The van der Waals surface area contributed by atoms with Crippen LogP contribution in [0.25, 0.3) is 0 Å². The van der Waals surface area contributed by atoms with Crippen molar-refractivity contribution >= 4 is 21.6 Å². The Balaban J connectivity index is 1.76. The highest BCUT2D eigenvalue weighted by Crippen LogP contribution is 2.29. The summed E-state index contributed by atoms with van der Waals surface area (Å²) in [5, 5.41) is 4.50. The quantitative estimate of drug-likeness (QED) is 0.871. The molecule has 1 aromatic heterocycles. The highest BCUT2D eigenvalue weighted by molar-refractivity contribution is 7.89. The molecule has 21 heavy (non-hydrogen) atoms. The van der Waals surface area contributed by atoms with Gasteiger partial charge in [-0.15, -0.1) is 0 Å². The second kappa shape index (κ2) is 5.79. The topological polar surface area (TPSA) is 55.2 Å². The first-order valence-electron chi connectivity index (χ1n) is 6.83. The van der Waals surface area contributed by atoms with Gasteiger partial charge >= 0.3 is 0 Å². The molecule has 5 nitrogen and oxygen atoms in total. The highest BCUT2D eigenvalue weighted by atomic mass is 35.5. The van der Waals surface area contributed by atoms with Gasteiger partial charge in [0.2, 0.25) is 10.0 Å². The fourth-order valence-electron chi connectivity index (χ4n) is 2.64. The van der Waals surface area contributed by atoms with E-state index in [2.05, 4.69) is 5.10 Å². The van der Waals surface area contributed by atoms with Gasteiger partial charge in [-0.05, 0) is 31.0 Å². The van der Waals surface area contributed by atoms with Gasteiger partial charge in [-0.2, -0.15) is 9.40 Å². The van der Waals surface area contributed by atoms with Gasteiger partial charge < -0.3 is 0 Å². The Morgan fingerprint density at radius 3 is 2.48 bits per heavy atom. The molecule has 0 unspecified atom stereocenters. The summed E-state index contributed by atoms with van der Waals surface area (Å²) in [6.07, 6.45) is 5.17. The first-order chi connectivity index (χ1) is 10.1. The van der Waals surface area contributed by atoms with E-state index in [-0.39, 0.29) is 16.0 Å². The van der Waals surface area contributed by atoms with Crippen LogP contribution >= 0.6 is 11.6 Å². The number of hydrogen-bond donors (Lipinski definition) is 0. The zero-order chi connectivity index (χ0) is 14.9. The van der Waals surface area contributed by atoms with Crippen molar-refractivity contribution in [2.24, 2.45) is 0 Å². The van der Waals surface area contributed by atoms with Gasteiger partial charge in [0, 0.05) is 25.5 Å². The minimum atomic E-state index is -3.51. The molecule has 3 rings (SSSR count). The van der Waals surface area contributed by atoms with E-state index in [1.165, 1.54) is 4.31 Å². The van der Waals surface area contributed by atoms with Gasteiger partial charge in [-0.25, -0.2) is 8.42 Å². The summed E-state index contributed by atoms with van der Waals surface area (Å²) in [6, 6.07) is 8.72. The fourth-order valence-corrected chi connectivity index (χ4v) is 4.60. The van der Waals surface area contributed by atoms with Crippen molar-refractivity contribution in [2.45, 2.75) is 23.8 Å². The lowest BCUT2D eigenvalue weighted by atomic mass is 10.1. The van der Waals surface area contributed by atoms with E-state index in [0.29, 0.717) is 13.1 Å². The monoisotopic (exact) mass is 325 g/mol. The third kappa shape index (κ3) is 2.84. The van der Waals surface area contributed by atoms with Gasteiger partial charge in [0.25, 0.3) is 0 Å². The van der Waals surface area contributed by atoms with Crippen LogP contribution in [0.1, 0.15) is 18.9 Å². The maximum Gasteiger partial charge on any atom is 0.244 e. The van der Waals surface area contributed by atoms with Crippen LogP contribution in [0.5, 0.6) is 0 Å². The van der Waals surface area contributed by atoms with Crippen LogP contribution < -0.4 is 0 Å². The molecule has 1 fully saturated rings. The van der Waals surface area contributed by atoms with E-state index in [9.17, 15) is 8.42 Å². The Morgan fingerprint density at radius 1 is 1.14 bits per heavy atom. The summed E-state index contributed by atoms with van der Waals surface area (Å²) in [6.45, 7) is 0.968. The molecule has 0 N–H and O–H groups in total. The van der Waals surface area contributed by atoms with Crippen molar-refractivity contribution in [1.82, 2.24) is 14.1 Å². The minimum Gasteiger partial charge on any atom is -0.270 e. The van der Waals surface area contributed by atoms with Crippen LogP contribution in [-0.4, -0.2) is 35.6 Å². The second-order valence-electron chi connectivity index (χ2n) is 5.05. The van der Waals surface area contributed by atoms with Gasteiger partial charge in [0.15, 0.2) is 0 Å². The molecule has 0 spiro atoms. The highest BCUT2D eigenvalue weighted by Gasteiger charge is 2.31. The Morgan fingerprint density at radius 2 is 1.86 bits per heavy atom. The SMILES string of the molecule is O=S(=O)(c1ccccc1Cl)N1CCC(n2cccn2)CC1. The molecule has 1 aromatic carbocycles. The smallest absolute Gasteiger partial charge is 0.244 e. The average Bonchev–Trinajstić information content (AvgIpc) is 3.02. The fraction of sp³-hybridized carbons (Fsp3) is 0.357. The lowest BCUT2D eigenvalue weighted by Crippen LogP contribution is -2.39. The molecule has 0 aliphatic carbocycles. The van der Waals surface area contributed by atoms with Crippen LogP contribution in [0, 0.1) is 0 Å². The first-order valence-corrected chi connectivity index (χ1v) is 8.64. The normalized spacial score (nSPS) is 18.0. The molecule has 1 saturated heterocycles. The summed E-state index contributed by atoms with van der Waals surface area (Å²) >= 11 is 6.02. The molecule has 0 amide bonds. The molecule has 1 aliphatic rings. The molecule has 7 heteroatoms. The number of hydrogen-bond acceptors (Lipinski definition) is 3. The van der Waals surface area contributed by atoms with Crippen molar-refractivity contribution in [1.29, 1.82) is 0 Å². The summed E-state index contributed by atoms with van der Waals surface area (Å²) in [5.74, 6) is 0. The largest absolute Gasteiger partial charge is 0.270 e. The van der Waals surface area contributed by atoms with Crippen LogP contribution in [0.2, 0.25) is 5.02 Å². The van der Waals surface area contributed by atoms with E-state index in [1.54, 1.807) is 30.5 Å². The number of aromatic nitrogens is 2. The van der Waals surface area contributed by atoms with Crippen LogP contribution in [0.3, 0.4) is 0 Å². The Kier molecular flexibility index (Phi) is 4.01. The summed E-state index contributed by atoms with van der Waals surface area (Å²) in [5.41, 5.74) is 0. The maximum absolute atomic E-state index is 12.6. The van der Waals surface area contributed by atoms with E-state index in [0.717, 1.165) is 12.8 Å². The zero-order valence-electron chi connectivity index (χ0n) is 11.4. The van der Waals surface area contributed by atoms with E-state index >= 15 is 0 Å². The number of halogens is 1. The van der Waals surface area contributed by atoms with Crippen molar-refractivity contribution < 1.29 is 8.42 Å². The molecule has 2 aromatic rings. The van der Waals surface area contributed by atoms with Crippen LogP contribution in [-0.2, 0) is 10.0 Å². The number of piperidine rings is 1. The van der Waals surface area contributed by atoms with Crippen LogP contribution in [0.15, 0.2) is 47.6 Å². The summed E-state index contributed by atoms with van der Waals surface area (Å²) in [4.78, 5) is 0.184. The van der Waals surface area contributed by atoms with Gasteiger partial charge in [-0.1, -0.05) is 23.7 Å². The third-order valence-corrected chi connectivity index (χ3v) is 6.18.